The van der Waals surface area contributed by atoms with Crippen molar-refractivity contribution in [2.45, 2.75) is 32.1 Å². The van der Waals surface area contributed by atoms with E-state index in [4.69, 9.17) is 5.11 Å². The summed E-state index contributed by atoms with van der Waals surface area (Å²) in [6.45, 7) is 1.65. The highest BCUT2D eigenvalue weighted by molar-refractivity contribution is 5.83. The number of carboxylic acid groups (broad SMARTS) is 1. The Kier molecular flexibility index (Phi) is 3.53. The summed E-state index contributed by atoms with van der Waals surface area (Å²) >= 11 is 0. The Labute approximate surface area is 95.8 Å². The highest BCUT2D eigenvalue weighted by atomic mass is 19.4. The van der Waals surface area contributed by atoms with Gasteiger partial charge in [-0.25, -0.2) is 4.79 Å². The smallest absolute Gasteiger partial charge is 0.408 e. The van der Waals surface area contributed by atoms with Crippen LogP contribution in [0.3, 0.4) is 0 Å². The fourth-order valence-electron chi connectivity index (χ4n) is 1.86. The van der Waals surface area contributed by atoms with Gasteiger partial charge in [0.1, 0.15) is 12.6 Å². The molecule has 0 radical (unpaired) electrons. The normalized spacial score (nSPS) is 23.8. The number of rotatable bonds is 1. The van der Waals surface area contributed by atoms with Crippen LogP contribution in [0, 0.1) is 0 Å². The molecule has 5 nitrogen and oxygen atoms in total. The van der Waals surface area contributed by atoms with Crippen molar-refractivity contribution in [3.63, 3.8) is 0 Å². The number of piperazine rings is 1. The molecule has 1 saturated heterocycles. The van der Waals surface area contributed by atoms with Crippen LogP contribution >= 0.6 is 0 Å². The molecule has 2 amide bonds. The third-order valence-electron chi connectivity index (χ3n) is 2.74. The zero-order valence-electron chi connectivity index (χ0n) is 9.36. The van der Waals surface area contributed by atoms with Crippen molar-refractivity contribution in [3.8, 4) is 0 Å². The van der Waals surface area contributed by atoms with Crippen molar-refractivity contribution in [1.82, 2.24) is 9.80 Å². The second-order valence-corrected chi connectivity index (χ2v) is 4.03. The second-order valence-electron chi connectivity index (χ2n) is 4.03. The van der Waals surface area contributed by atoms with Gasteiger partial charge in [0, 0.05) is 12.6 Å². The van der Waals surface area contributed by atoms with Crippen LogP contribution < -0.4 is 0 Å². The van der Waals surface area contributed by atoms with Gasteiger partial charge in [0.05, 0.1) is 0 Å². The first-order valence-electron chi connectivity index (χ1n) is 5.00. The Hall–Kier alpha value is -1.47. The largest absolute Gasteiger partial charge is 0.465 e. The molecule has 1 aliphatic heterocycles. The number of alkyl halides is 3. The van der Waals surface area contributed by atoms with Crippen molar-refractivity contribution in [1.29, 1.82) is 0 Å². The predicted octanol–water partition coefficient (Wildman–Crippen LogP) is 1.15. The molecule has 0 aliphatic carbocycles. The number of hydrogen-bond acceptors (Lipinski definition) is 2. The van der Waals surface area contributed by atoms with Gasteiger partial charge in [0.2, 0.25) is 5.91 Å². The van der Waals surface area contributed by atoms with E-state index < -0.39 is 36.8 Å². The fraction of sp³-hybridized carbons (Fsp3) is 0.778. The third kappa shape index (κ3) is 2.80. The number of halogens is 3. The highest BCUT2D eigenvalue weighted by Gasteiger charge is 2.46. The van der Waals surface area contributed by atoms with E-state index in [1.165, 1.54) is 6.92 Å². The summed E-state index contributed by atoms with van der Waals surface area (Å²) in [5.74, 6) is -0.823. The van der Waals surface area contributed by atoms with Crippen molar-refractivity contribution < 1.29 is 27.9 Å². The molecule has 1 fully saturated rings. The van der Waals surface area contributed by atoms with Crippen molar-refractivity contribution in [2.75, 3.05) is 13.1 Å². The molecule has 2 atom stereocenters. The molecule has 17 heavy (non-hydrogen) atoms. The Morgan fingerprint density at radius 2 is 2.06 bits per heavy atom. The van der Waals surface area contributed by atoms with Crippen LogP contribution in [-0.4, -0.2) is 58.3 Å². The molecule has 0 aromatic heterocycles. The molecule has 0 unspecified atom stereocenters. The fourth-order valence-corrected chi connectivity index (χ4v) is 1.86. The average molecular weight is 254 g/mol. The molecule has 0 aromatic carbocycles. The van der Waals surface area contributed by atoms with Crippen LogP contribution in [0.15, 0.2) is 0 Å². The summed E-state index contributed by atoms with van der Waals surface area (Å²) in [7, 11) is 0. The van der Waals surface area contributed by atoms with Gasteiger partial charge in [-0.15, -0.1) is 0 Å². The standard InChI is InChI=1S/C9H13F3N2O3/c1-5-3-13(8(16)17)4-7(15)14(5)6(2)9(10,11)12/h5-6H,3-4H2,1-2H3,(H,16,17)/t5-,6-/m1/s1. The zero-order valence-corrected chi connectivity index (χ0v) is 9.36. The van der Waals surface area contributed by atoms with Crippen LogP contribution in [0.25, 0.3) is 0 Å². The maximum absolute atomic E-state index is 12.5. The van der Waals surface area contributed by atoms with Gasteiger partial charge in [0.15, 0.2) is 0 Å². The van der Waals surface area contributed by atoms with Gasteiger partial charge in [-0.1, -0.05) is 0 Å². The molecule has 8 heteroatoms. The van der Waals surface area contributed by atoms with Gasteiger partial charge in [-0.3, -0.25) is 9.69 Å². The number of nitrogens with zero attached hydrogens (tertiary/aromatic N) is 2. The van der Waals surface area contributed by atoms with Crippen molar-refractivity contribution in [3.05, 3.63) is 0 Å². The van der Waals surface area contributed by atoms with E-state index >= 15 is 0 Å². The van der Waals surface area contributed by atoms with Crippen molar-refractivity contribution in [2.24, 2.45) is 0 Å². The summed E-state index contributed by atoms with van der Waals surface area (Å²) in [5.41, 5.74) is 0. The second kappa shape index (κ2) is 4.42. The summed E-state index contributed by atoms with van der Waals surface area (Å²) in [5, 5.41) is 8.69. The summed E-state index contributed by atoms with van der Waals surface area (Å²) < 4.78 is 37.5. The highest BCUT2D eigenvalue weighted by Crippen LogP contribution is 2.27. The van der Waals surface area contributed by atoms with Gasteiger partial charge in [-0.05, 0) is 13.8 Å². The minimum absolute atomic E-state index is 0.110. The molecule has 0 saturated carbocycles. The van der Waals surface area contributed by atoms with E-state index in [1.54, 1.807) is 0 Å². The van der Waals surface area contributed by atoms with E-state index in [0.717, 1.165) is 11.8 Å². The monoisotopic (exact) mass is 254 g/mol. The maximum Gasteiger partial charge on any atom is 0.408 e. The first-order valence-corrected chi connectivity index (χ1v) is 5.00. The first-order chi connectivity index (χ1) is 7.64. The van der Waals surface area contributed by atoms with Gasteiger partial charge < -0.3 is 10.0 Å². The number of hydrogen-bond donors (Lipinski definition) is 1. The topological polar surface area (TPSA) is 60.9 Å². The molecule has 0 aromatic rings. The number of carbonyl (C=O) groups excluding carboxylic acids is 1. The molecule has 98 valence electrons. The van der Waals surface area contributed by atoms with Crippen LogP contribution in [0.2, 0.25) is 0 Å². The molecule has 1 rings (SSSR count). The van der Waals surface area contributed by atoms with Crippen LogP contribution in [0.1, 0.15) is 13.8 Å². The van der Waals surface area contributed by atoms with Gasteiger partial charge in [-0.2, -0.15) is 13.2 Å². The SMILES string of the molecule is C[C@@H]1CN(C(=O)O)CC(=O)N1[C@H](C)C(F)(F)F. The molecule has 1 aliphatic rings. The van der Waals surface area contributed by atoms with Gasteiger partial charge in [0.25, 0.3) is 0 Å². The Balaban J connectivity index is 2.84. The Morgan fingerprint density at radius 3 is 2.41 bits per heavy atom. The Bertz CT molecular complexity index is 332. The first kappa shape index (κ1) is 13.6. The average Bonchev–Trinajstić information content (AvgIpc) is 2.14. The predicted molar refractivity (Wildman–Crippen MR) is 51.4 cm³/mol. The van der Waals surface area contributed by atoms with E-state index in [1.807, 2.05) is 0 Å². The lowest BCUT2D eigenvalue weighted by molar-refractivity contribution is -0.194. The minimum atomic E-state index is -4.50. The lowest BCUT2D eigenvalue weighted by Gasteiger charge is -2.42. The lowest BCUT2D eigenvalue weighted by atomic mass is 10.1. The van der Waals surface area contributed by atoms with Crippen LogP contribution in [0.5, 0.6) is 0 Å². The molecular formula is C9H13F3N2O3. The minimum Gasteiger partial charge on any atom is -0.465 e. The van der Waals surface area contributed by atoms with Crippen molar-refractivity contribution >= 4 is 12.0 Å². The van der Waals surface area contributed by atoms with E-state index in [9.17, 15) is 22.8 Å². The van der Waals surface area contributed by atoms with E-state index in [2.05, 4.69) is 0 Å². The summed E-state index contributed by atoms with van der Waals surface area (Å²) in [6, 6.07) is -2.69. The molecule has 1 N–H and O–H groups in total. The van der Waals surface area contributed by atoms with E-state index in [0.29, 0.717) is 4.90 Å². The zero-order chi connectivity index (χ0) is 13.4. The van der Waals surface area contributed by atoms with Gasteiger partial charge >= 0.3 is 12.3 Å². The third-order valence-corrected chi connectivity index (χ3v) is 2.74. The number of carbonyl (C=O) groups is 2. The quantitative estimate of drug-likeness (QED) is 0.763. The van der Waals surface area contributed by atoms with Crippen LogP contribution in [-0.2, 0) is 4.79 Å². The molecule has 1 heterocycles. The Morgan fingerprint density at radius 1 is 1.53 bits per heavy atom. The maximum atomic E-state index is 12.5. The summed E-state index contributed by atoms with van der Waals surface area (Å²) in [6.07, 6.45) is -5.81. The molecule has 0 spiro atoms. The van der Waals surface area contributed by atoms with Crippen LogP contribution in [0.4, 0.5) is 18.0 Å². The number of amides is 2. The summed E-state index contributed by atoms with van der Waals surface area (Å²) in [4.78, 5) is 23.7. The molecular weight excluding hydrogens is 241 g/mol. The lowest BCUT2D eigenvalue weighted by Crippen LogP contribution is -2.61. The molecule has 0 bridgehead atoms. The van der Waals surface area contributed by atoms with E-state index in [-0.39, 0.29) is 6.54 Å².